The van der Waals surface area contributed by atoms with Crippen molar-refractivity contribution in [1.82, 2.24) is 4.90 Å². The van der Waals surface area contributed by atoms with E-state index in [0.29, 0.717) is 0 Å². The molecule has 1 aliphatic rings. The van der Waals surface area contributed by atoms with Gasteiger partial charge in [0.05, 0.1) is 25.3 Å². The first-order chi connectivity index (χ1) is 10.0. The van der Waals surface area contributed by atoms with Crippen LogP contribution in [0.3, 0.4) is 0 Å². The third-order valence-electron chi connectivity index (χ3n) is 3.12. The van der Waals surface area contributed by atoms with E-state index in [0.717, 1.165) is 0 Å². The van der Waals surface area contributed by atoms with Crippen LogP contribution in [0.4, 0.5) is 4.39 Å². The van der Waals surface area contributed by atoms with Gasteiger partial charge in [0.2, 0.25) is 0 Å². The first-order valence-corrected chi connectivity index (χ1v) is 6.59. The Balaban J connectivity index is 2.23. The number of nitrogens with zero attached hydrogens (tertiary/aromatic N) is 1. The highest BCUT2D eigenvalue weighted by molar-refractivity contribution is 5.97. The largest absolute Gasteiger partial charge is 0.490 e. The van der Waals surface area contributed by atoms with Gasteiger partial charge in [0, 0.05) is 6.54 Å². The molecular weight excluding hydrogens is 281 g/mol. The van der Waals surface area contributed by atoms with Gasteiger partial charge in [-0.1, -0.05) is 6.07 Å². The number of benzene rings is 1. The Morgan fingerprint density at radius 1 is 1.52 bits per heavy atom. The maximum atomic E-state index is 13.8. The Labute approximate surface area is 121 Å². The number of hydrogen-bond donors (Lipinski definition) is 1. The first kappa shape index (κ1) is 15.2. The molecule has 114 valence electrons. The average molecular weight is 297 g/mol. The molecule has 1 aromatic carbocycles. The van der Waals surface area contributed by atoms with Crippen LogP contribution in [0.1, 0.15) is 17.3 Å². The van der Waals surface area contributed by atoms with E-state index < -0.39 is 23.8 Å². The predicted octanol–water partition coefficient (Wildman–Crippen LogP) is 1.15. The van der Waals surface area contributed by atoms with Crippen molar-refractivity contribution in [3.8, 4) is 5.75 Å². The summed E-state index contributed by atoms with van der Waals surface area (Å²) < 4.78 is 24.0. The Morgan fingerprint density at radius 3 is 2.95 bits per heavy atom. The van der Waals surface area contributed by atoms with Gasteiger partial charge in [0.1, 0.15) is 0 Å². The zero-order valence-corrected chi connectivity index (χ0v) is 11.5. The van der Waals surface area contributed by atoms with Crippen molar-refractivity contribution in [1.29, 1.82) is 0 Å². The third kappa shape index (κ3) is 3.30. The molecule has 1 fully saturated rings. The van der Waals surface area contributed by atoms with Crippen LogP contribution in [0.2, 0.25) is 0 Å². The molecule has 1 heterocycles. The van der Waals surface area contributed by atoms with Gasteiger partial charge in [-0.05, 0) is 19.1 Å². The molecule has 0 aromatic heterocycles. The van der Waals surface area contributed by atoms with Crippen LogP contribution in [0.5, 0.6) is 5.75 Å². The number of morpholine rings is 1. The molecule has 1 aliphatic heterocycles. The van der Waals surface area contributed by atoms with Crippen molar-refractivity contribution in [3.05, 3.63) is 29.6 Å². The van der Waals surface area contributed by atoms with Gasteiger partial charge < -0.3 is 19.5 Å². The van der Waals surface area contributed by atoms with Gasteiger partial charge in [-0.15, -0.1) is 0 Å². The fourth-order valence-corrected chi connectivity index (χ4v) is 2.12. The highest BCUT2D eigenvalue weighted by Crippen LogP contribution is 2.25. The Bertz CT molecular complexity index is 548. The molecule has 0 bridgehead atoms. The van der Waals surface area contributed by atoms with E-state index in [4.69, 9.17) is 14.6 Å². The molecule has 1 atom stereocenters. The minimum absolute atomic E-state index is 0.0732. The fraction of sp³-hybridized carbons (Fsp3) is 0.429. The molecule has 2 rings (SSSR count). The number of carboxylic acid groups (broad SMARTS) is 1. The minimum Gasteiger partial charge on any atom is -0.490 e. The molecule has 6 nitrogen and oxygen atoms in total. The average Bonchev–Trinajstić information content (AvgIpc) is 2.49. The second-order valence-electron chi connectivity index (χ2n) is 4.50. The van der Waals surface area contributed by atoms with Crippen molar-refractivity contribution in [3.63, 3.8) is 0 Å². The number of halogens is 1. The van der Waals surface area contributed by atoms with E-state index in [9.17, 15) is 14.0 Å². The van der Waals surface area contributed by atoms with Crippen LogP contribution in [0, 0.1) is 5.82 Å². The number of ether oxygens (including phenoxy) is 2. The van der Waals surface area contributed by atoms with Crippen LogP contribution in [0.25, 0.3) is 0 Å². The SMILES string of the molecule is CCOc1c(F)cccc1C(=O)N1CCOC(C(=O)O)C1. The normalized spacial score (nSPS) is 18.4. The number of carbonyl (C=O) groups excluding carboxylic acids is 1. The lowest BCUT2D eigenvalue weighted by Crippen LogP contribution is -2.48. The summed E-state index contributed by atoms with van der Waals surface area (Å²) >= 11 is 0. The molecule has 0 spiro atoms. The van der Waals surface area contributed by atoms with Crippen molar-refractivity contribution in [2.75, 3.05) is 26.3 Å². The van der Waals surface area contributed by atoms with E-state index in [2.05, 4.69) is 0 Å². The monoisotopic (exact) mass is 297 g/mol. The van der Waals surface area contributed by atoms with E-state index in [-0.39, 0.29) is 37.6 Å². The van der Waals surface area contributed by atoms with Gasteiger partial charge in [-0.3, -0.25) is 4.79 Å². The third-order valence-corrected chi connectivity index (χ3v) is 3.12. The van der Waals surface area contributed by atoms with E-state index in [1.165, 1.54) is 23.1 Å². The second kappa shape index (κ2) is 6.53. The van der Waals surface area contributed by atoms with Crippen LogP contribution >= 0.6 is 0 Å². The lowest BCUT2D eigenvalue weighted by atomic mass is 10.1. The quantitative estimate of drug-likeness (QED) is 0.902. The number of carboxylic acids is 1. The summed E-state index contributed by atoms with van der Waals surface area (Å²) in [6, 6.07) is 4.09. The molecule has 1 amide bonds. The first-order valence-electron chi connectivity index (χ1n) is 6.59. The van der Waals surface area contributed by atoms with Gasteiger partial charge >= 0.3 is 5.97 Å². The zero-order chi connectivity index (χ0) is 15.4. The van der Waals surface area contributed by atoms with Gasteiger partial charge in [-0.25, -0.2) is 9.18 Å². The van der Waals surface area contributed by atoms with Crippen LogP contribution in [0.15, 0.2) is 18.2 Å². The molecule has 1 unspecified atom stereocenters. The molecular formula is C14H16FNO5. The van der Waals surface area contributed by atoms with Gasteiger partial charge in [0.25, 0.3) is 5.91 Å². The molecule has 1 aromatic rings. The summed E-state index contributed by atoms with van der Waals surface area (Å²) in [6.07, 6.45) is -1.06. The lowest BCUT2D eigenvalue weighted by Gasteiger charge is -2.31. The lowest BCUT2D eigenvalue weighted by molar-refractivity contribution is -0.154. The number of para-hydroxylation sites is 1. The van der Waals surface area contributed by atoms with E-state index >= 15 is 0 Å². The van der Waals surface area contributed by atoms with Gasteiger partial charge in [-0.2, -0.15) is 0 Å². The maximum absolute atomic E-state index is 13.8. The number of rotatable bonds is 4. The Morgan fingerprint density at radius 2 is 2.29 bits per heavy atom. The summed E-state index contributed by atoms with van der Waals surface area (Å²) in [5.74, 6) is -2.32. The molecule has 1 saturated heterocycles. The second-order valence-corrected chi connectivity index (χ2v) is 4.50. The summed E-state index contributed by atoms with van der Waals surface area (Å²) in [5, 5.41) is 8.94. The van der Waals surface area contributed by atoms with Crippen LogP contribution < -0.4 is 4.74 Å². The van der Waals surface area contributed by atoms with Crippen LogP contribution in [-0.4, -0.2) is 54.3 Å². The number of hydrogen-bond acceptors (Lipinski definition) is 4. The standard InChI is InChI=1S/C14H16FNO5/c1-2-20-12-9(4-3-5-10(12)15)13(17)16-6-7-21-11(8-16)14(18)19/h3-5,11H,2,6-8H2,1H3,(H,18,19). The highest BCUT2D eigenvalue weighted by atomic mass is 19.1. The molecule has 0 saturated carbocycles. The maximum Gasteiger partial charge on any atom is 0.334 e. The summed E-state index contributed by atoms with van der Waals surface area (Å²) in [7, 11) is 0. The summed E-state index contributed by atoms with van der Waals surface area (Å²) in [5.41, 5.74) is 0.0860. The Kier molecular flexibility index (Phi) is 4.74. The summed E-state index contributed by atoms with van der Waals surface area (Å²) in [4.78, 5) is 24.7. The van der Waals surface area contributed by atoms with E-state index in [1.54, 1.807) is 6.92 Å². The number of aliphatic carboxylic acids is 1. The highest BCUT2D eigenvalue weighted by Gasteiger charge is 2.31. The van der Waals surface area contributed by atoms with Crippen molar-refractivity contribution in [2.24, 2.45) is 0 Å². The van der Waals surface area contributed by atoms with Crippen LogP contribution in [-0.2, 0) is 9.53 Å². The number of carbonyl (C=O) groups is 2. The smallest absolute Gasteiger partial charge is 0.334 e. The minimum atomic E-state index is -1.13. The summed E-state index contributed by atoms with van der Waals surface area (Å²) in [6.45, 7) is 2.22. The van der Waals surface area contributed by atoms with E-state index in [1.807, 2.05) is 0 Å². The molecule has 1 N–H and O–H groups in total. The molecule has 0 radical (unpaired) electrons. The fourth-order valence-electron chi connectivity index (χ4n) is 2.12. The van der Waals surface area contributed by atoms with Crippen molar-refractivity contribution < 1.29 is 28.6 Å². The van der Waals surface area contributed by atoms with Gasteiger partial charge in [0.15, 0.2) is 17.7 Å². The Hall–Kier alpha value is -2.15. The zero-order valence-electron chi connectivity index (χ0n) is 11.5. The molecule has 7 heteroatoms. The van der Waals surface area contributed by atoms with Crippen molar-refractivity contribution in [2.45, 2.75) is 13.0 Å². The van der Waals surface area contributed by atoms with Crippen molar-refractivity contribution >= 4 is 11.9 Å². The predicted molar refractivity (Wildman–Crippen MR) is 70.8 cm³/mol. The topological polar surface area (TPSA) is 76.1 Å². The molecule has 0 aliphatic carbocycles. The molecule has 21 heavy (non-hydrogen) atoms. The number of amides is 1.